The molecule has 0 bridgehead atoms. The highest BCUT2D eigenvalue weighted by molar-refractivity contribution is 9.10. The van der Waals surface area contributed by atoms with E-state index in [0.717, 1.165) is 22.4 Å². The first-order valence-corrected chi connectivity index (χ1v) is 11.2. The molecule has 0 aliphatic rings. The molecular weight excluding hydrogens is 494 g/mol. The van der Waals surface area contributed by atoms with Gasteiger partial charge in [-0.15, -0.1) is 11.3 Å². The van der Waals surface area contributed by atoms with Crippen LogP contribution in [0.4, 0.5) is 0 Å². The number of hydrogen-bond donors (Lipinski definition) is 1. The van der Waals surface area contributed by atoms with Gasteiger partial charge in [0.25, 0.3) is 0 Å². The highest BCUT2D eigenvalue weighted by Crippen LogP contribution is 2.35. The number of aromatic hydroxyl groups is 1. The largest absolute Gasteiger partial charge is 0.503 e. The van der Waals surface area contributed by atoms with Crippen LogP contribution in [0.25, 0.3) is 11.3 Å². The van der Waals surface area contributed by atoms with Crippen LogP contribution in [0.3, 0.4) is 0 Å². The number of halogens is 1. The van der Waals surface area contributed by atoms with Crippen LogP contribution in [0.5, 0.6) is 23.0 Å². The zero-order valence-corrected chi connectivity index (χ0v) is 20.7. The summed E-state index contributed by atoms with van der Waals surface area (Å²) in [6.45, 7) is 6.35. The molecule has 168 valence electrons. The number of rotatable bonds is 8. The molecule has 0 aliphatic heterocycles. The summed E-state index contributed by atoms with van der Waals surface area (Å²) in [7, 11) is 4.74. The van der Waals surface area contributed by atoms with E-state index in [-0.39, 0.29) is 5.75 Å². The van der Waals surface area contributed by atoms with Crippen LogP contribution in [0, 0.1) is 0 Å². The molecule has 3 rings (SSSR count). The van der Waals surface area contributed by atoms with Crippen molar-refractivity contribution in [2.24, 2.45) is 10.1 Å². The first-order valence-electron chi connectivity index (χ1n) is 9.56. The Balaban J connectivity index is 2.17. The summed E-state index contributed by atoms with van der Waals surface area (Å²) in [6, 6.07) is 9.05. The van der Waals surface area contributed by atoms with E-state index in [1.54, 1.807) is 37.2 Å². The molecular formula is C23H24BrN3O4S. The number of benzene rings is 2. The van der Waals surface area contributed by atoms with E-state index < -0.39 is 0 Å². The molecule has 0 fully saturated rings. The number of phenolic OH excluding ortho intramolecular Hbond substituents is 1. The third-order valence-electron chi connectivity index (χ3n) is 4.45. The van der Waals surface area contributed by atoms with Gasteiger partial charge in [-0.2, -0.15) is 5.10 Å². The molecule has 32 heavy (non-hydrogen) atoms. The maximum Gasteiger partial charge on any atom is 0.206 e. The van der Waals surface area contributed by atoms with Gasteiger partial charge in [0.2, 0.25) is 4.80 Å². The van der Waals surface area contributed by atoms with Crippen LogP contribution in [-0.4, -0.2) is 43.9 Å². The summed E-state index contributed by atoms with van der Waals surface area (Å²) >= 11 is 4.81. The summed E-state index contributed by atoms with van der Waals surface area (Å²) < 4.78 is 18.5. The van der Waals surface area contributed by atoms with E-state index in [9.17, 15) is 5.11 Å². The predicted molar refractivity (Wildman–Crippen MR) is 131 cm³/mol. The van der Waals surface area contributed by atoms with Gasteiger partial charge in [0.05, 0.1) is 44.3 Å². The fraction of sp³-hybridized carbons (Fsp3) is 0.217. The van der Waals surface area contributed by atoms with Crippen LogP contribution < -0.4 is 19.0 Å². The van der Waals surface area contributed by atoms with Crippen molar-refractivity contribution < 1.29 is 19.3 Å². The minimum Gasteiger partial charge on any atom is -0.503 e. The number of aromatic nitrogens is 1. The van der Waals surface area contributed by atoms with Crippen molar-refractivity contribution in [3.8, 4) is 34.3 Å². The zero-order chi connectivity index (χ0) is 23.3. The average Bonchev–Trinajstić information content (AvgIpc) is 3.20. The van der Waals surface area contributed by atoms with Crippen LogP contribution >= 0.6 is 27.3 Å². The maximum absolute atomic E-state index is 10.1. The number of methoxy groups -OCH3 is 3. The van der Waals surface area contributed by atoms with Gasteiger partial charge in [0.1, 0.15) is 11.5 Å². The van der Waals surface area contributed by atoms with Crippen LogP contribution in [0.2, 0.25) is 0 Å². The Hall–Kier alpha value is -3.04. The topological polar surface area (TPSA) is 77.6 Å². The predicted octanol–water partition coefficient (Wildman–Crippen LogP) is 5.07. The number of nitrogens with zero attached hydrogens (tertiary/aromatic N) is 3. The fourth-order valence-corrected chi connectivity index (χ4v) is 4.16. The van der Waals surface area contributed by atoms with Crippen molar-refractivity contribution in [3.63, 3.8) is 0 Å². The van der Waals surface area contributed by atoms with Crippen molar-refractivity contribution in [3.05, 3.63) is 62.7 Å². The van der Waals surface area contributed by atoms with E-state index in [2.05, 4.69) is 27.5 Å². The number of phenols is 1. The molecule has 0 radical (unpaired) electrons. The third-order valence-corrected chi connectivity index (χ3v) is 5.90. The molecule has 9 heteroatoms. The van der Waals surface area contributed by atoms with Gasteiger partial charge in [-0.3, -0.25) is 4.99 Å². The molecule has 0 unspecified atom stereocenters. The van der Waals surface area contributed by atoms with E-state index in [0.29, 0.717) is 33.1 Å². The van der Waals surface area contributed by atoms with E-state index in [1.165, 1.54) is 18.4 Å². The normalized spacial score (nSPS) is 11.7. The summed E-state index contributed by atoms with van der Waals surface area (Å²) in [6.07, 6.45) is 1.68. The highest BCUT2D eigenvalue weighted by Gasteiger charge is 2.14. The van der Waals surface area contributed by atoms with Gasteiger partial charge in [-0.05, 0) is 58.7 Å². The van der Waals surface area contributed by atoms with Gasteiger partial charge < -0.3 is 19.3 Å². The van der Waals surface area contributed by atoms with Gasteiger partial charge >= 0.3 is 0 Å². The molecule has 0 amide bonds. The van der Waals surface area contributed by atoms with Crippen molar-refractivity contribution in [1.29, 1.82) is 0 Å². The van der Waals surface area contributed by atoms with Gasteiger partial charge in [-0.1, -0.05) is 12.2 Å². The third kappa shape index (κ3) is 5.23. The zero-order valence-electron chi connectivity index (χ0n) is 18.3. The molecule has 1 N–H and O–H groups in total. The highest BCUT2D eigenvalue weighted by atomic mass is 79.9. The van der Waals surface area contributed by atoms with Crippen molar-refractivity contribution in [2.75, 3.05) is 27.9 Å². The van der Waals surface area contributed by atoms with Gasteiger partial charge in [-0.25, -0.2) is 4.68 Å². The van der Waals surface area contributed by atoms with Crippen molar-refractivity contribution in [2.45, 2.75) is 6.92 Å². The fourth-order valence-electron chi connectivity index (χ4n) is 2.87. The second-order valence-electron chi connectivity index (χ2n) is 6.85. The minimum absolute atomic E-state index is 0.0341. The molecule has 0 atom stereocenters. The van der Waals surface area contributed by atoms with Crippen LogP contribution in [0.1, 0.15) is 12.5 Å². The quantitative estimate of drug-likeness (QED) is 0.334. The number of thiazole rings is 1. The summed E-state index contributed by atoms with van der Waals surface area (Å²) in [5.41, 5.74) is 3.30. The van der Waals surface area contributed by atoms with Gasteiger partial charge in [0.15, 0.2) is 11.5 Å². The molecule has 0 saturated heterocycles. The SMILES string of the molecule is C=C(C)CN=c1scc(-c2cc(OC)ccc2OC)n1N=Cc1cc(Br)c(O)c(OC)c1. The van der Waals surface area contributed by atoms with Crippen LogP contribution in [-0.2, 0) is 0 Å². The smallest absolute Gasteiger partial charge is 0.206 e. The lowest BCUT2D eigenvalue weighted by molar-refractivity contribution is 0.372. The van der Waals surface area contributed by atoms with Crippen LogP contribution in [0.15, 0.2) is 62.4 Å². The Labute approximate surface area is 199 Å². The lowest BCUT2D eigenvalue weighted by atomic mass is 10.1. The standard InChI is InChI=1S/C23H24BrN3O4S/c1-14(2)11-25-23-27(26-12-15-8-18(24)22(28)21(9-15)31-5)19(13-32-23)17-10-16(29-3)6-7-20(17)30-4/h6-10,12-13,28H,1,11H2,2-5H3. The van der Waals surface area contributed by atoms with Gasteiger partial charge in [0, 0.05) is 10.9 Å². The summed E-state index contributed by atoms with van der Waals surface area (Å²) in [4.78, 5) is 5.35. The first kappa shape index (κ1) is 23.6. The maximum atomic E-state index is 10.1. The molecule has 1 aromatic heterocycles. The molecule has 2 aromatic carbocycles. The molecule has 3 aromatic rings. The summed E-state index contributed by atoms with van der Waals surface area (Å²) in [5.74, 6) is 1.77. The molecule has 7 nitrogen and oxygen atoms in total. The lowest BCUT2D eigenvalue weighted by Crippen LogP contribution is -2.13. The molecule has 0 aliphatic carbocycles. The average molecular weight is 518 g/mol. The number of ether oxygens (including phenoxy) is 3. The van der Waals surface area contributed by atoms with Crippen molar-refractivity contribution >= 4 is 33.5 Å². The van der Waals surface area contributed by atoms with Crippen molar-refractivity contribution in [1.82, 2.24) is 4.68 Å². The first-order chi connectivity index (χ1) is 15.4. The molecule has 0 spiro atoms. The monoisotopic (exact) mass is 517 g/mol. The Morgan fingerprint density at radius 1 is 1.16 bits per heavy atom. The Kier molecular flexibility index (Phi) is 7.76. The number of hydrogen-bond acceptors (Lipinski definition) is 7. The Morgan fingerprint density at radius 2 is 1.91 bits per heavy atom. The lowest BCUT2D eigenvalue weighted by Gasteiger charge is -2.11. The minimum atomic E-state index is 0.0341. The van der Waals surface area contributed by atoms with E-state index in [1.807, 2.05) is 30.5 Å². The van der Waals surface area contributed by atoms with E-state index >= 15 is 0 Å². The molecule has 0 saturated carbocycles. The Morgan fingerprint density at radius 3 is 2.56 bits per heavy atom. The summed E-state index contributed by atoms with van der Waals surface area (Å²) in [5, 5.41) is 16.7. The van der Waals surface area contributed by atoms with E-state index in [4.69, 9.17) is 19.3 Å². The second-order valence-corrected chi connectivity index (χ2v) is 8.54. The molecule has 1 heterocycles. The Bertz CT molecular complexity index is 1230. The second kappa shape index (κ2) is 10.5.